The van der Waals surface area contributed by atoms with Crippen molar-refractivity contribution in [1.82, 2.24) is 4.57 Å². The van der Waals surface area contributed by atoms with Gasteiger partial charge in [-0.15, -0.1) is 0 Å². The van der Waals surface area contributed by atoms with Crippen molar-refractivity contribution in [2.75, 3.05) is 0 Å². The van der Waals surface area contributed by atoms with Crippen molar-refractivity contribution in [2.45, 2.75) is 33.2 Å². The number of carbonyl (C=O) groups is 1. The lowest BCUT2D eigenvalue weighted by molar-refractivity contribution is 0.0694. The minimum atomic E-state index is -1.19. The number of halogens is 1. The Balaban J connectivity index is 3.53. The normalized spacial score (nSPS) is 12.5. The summed E-state index contributed by atoms with van der Waals surface area (Å²) in [7, 11) is 0. The highest BCUT2D eigenvalue weighted by Gasteiger charge is 2.17. The molecular formula is C11H14BrNO3. The number of hydrogen-bond donors (Lipinski definition) is 1. The molecule has 0 saturated heterocycles. The van der Waals surface area contributed by atoms with Crippen molar-refractivity contribution in [3.05, 3.63) is 32.2 Å². The fraction of sp³-hybridized carbons (Fsp3) is 0.455. The molecule has 4 nitrogen and oxygen atoms in total. The zero-order valence-corrected chi connectivity index (χ0v) is 11.0. The van der Waals surface area contributed by atoms with Gasteiger partial charge in [-0.1, -0.05) is 6.92 Å². The quantitative estimate of drug-likeness (QED) is 0.930. The molecule has 0 saturated carbocycles. The zero-order chi connectivity index (χ0) is 12.5. The SMILES string of the molecule is CC[C@@H](C)n1cc(C(=O)O)c(=O)c(Br)c1C. The van der Waals surface area contributed by atoms with Crippen LogP contribution in [0.5, 0.6) is 0 Å². The molecule has 0 bridgehead atoms. The number of carboxylic acids is 1. The molecule has 1 atom stereocenters. The van der Waals surface area contributed by atoms with E-state index in [0.29, 0.717) is 4.47 Å². The van der Waals surface area contributed by atoms with Gasteiger partial charge in [-0.25, -0.2) is 4.79 Å². The van der Waals surface area contributed by atoms with E-state index in [1.54, 1.807) is 6.92 Å². The summed E-state index contributed by atoms with van der Waals surface area (Å²) < 4.78 is 2.14. The molecule has 1 N–H and O–H groups in total. The number of rotatable bonds is 3. The van der Waals surface area contributed by atoms with E-state index in [1.165, 1.54) is 6.20 Å². The molecule has 0 amide bonds. The summed E-state index contributed by atoms with van der Waals surface area (Å²) in [6, 6.07) is 0.162. The van der Waals surface area contributed by atoms with Crippen LogP contribution < -0.4 is 5.43 Å². The fourth-order valence-electron chi connectivity index (χ4n) is 1.50. The number of hydrogen-bond acceptors (Lipinski definition) is 2. The molecule has 0 aliphatic rings. The van der Waals surface area contributed by atoms with Crippen molar-refractivity contribution in [3.63, 3.8) is 0 Å². The minimum absolute atomic E-state index is 0.162. The number of aromatic carboxylic acids is 1. The molecule has 1 aromatic heterocycles. The zero-order valence-electron chi connectivity index (χ0n) is 9.45. The average molecular weight is 288 g/mol. The van der Waals surface area contributed by atoms with Gasteiger partial charge in [0.25, 0.3) is 0 Å². The topological polar surface area (TPSA) is 59.3 Å². The lowest BCUT2D eigenvalue weighted by atomic mass is 10.2. The molecular weight excluding hydrogens is 274 g/mol. The van der Waals surface area contributed by atoms with Gasteiger partial charge in [-0.2, -0.15) is 0 Å². The lowest BCUT2D eigenvalue weighted by Gasteiger charge is -2.19. The van der Waals surface area contributed by atoms with Crippen LogP contribution in [0.15, 0.2) is 15.5 Å². The van der Waals surface area contributed by atoms with Gasteiger partial charge in [-0.05, 0) is 36.2 Å². The molecule has 1 aromatic rings. The van der Waals surface area contributed by atoms with Gasteiger partial charge in [0.15, 0.2) is 0 Å². The maximum Gasteiger partial charge on any atom is 0.341 e. The molecule has 0 aliphatic carbocycles. The Labute approximate surface area is 102 Å². The van der Waals surface area contributed by atoms with E-state index < -0.39 is 11.4 Å². The molecule has 0 spiro atoms. The second-order valence-corrected chi connectivity index (χ2v) is 4.53. The Morgan fingerprint density at radius 2 is 2.19 bits per heavy atom. The van der Waals surface area contributed by atoms with Crippen molar-refractivity contribution in [3.8, 4) is 0 Å². The standard InChI is InChI=1S/C11H14BrNO3/c1-4-6(2)13-5-8(11(15)16)10(14)9(12)7(13)3/h5-6H,4H2,1-3H3,(H,15,16)/t6-/m1/s1. The molecule has 0 radical (unpaired) electrons. The number of pyridine rings is 1. The van der Waals surface area contributed by atoms with E-state index in [4.69, 9.17) is 5.11 Å². The van der Waals surface area contributed by atoms with Crippen LogP contribution in [-0.4, -0.2) is 15.6 Å². The smallest absolute Gasteiger partial charge is 0.341 e. The van der Waals surface area contributed by atoms with Gasteiger partial charge in [0.1, 0.15) is 5.56 Å². The van der Waals surface area contributed by atoms with Crippen molar-refractivity contribution < 1.29 is 9.90 Å². The Bertz CT molecular complexity index is 479. The third-order valence-corrected chi connectivity index (χ3v) is 3.65. The first-order valence-corrected chi connectivity index (χ1v) is 5.84. The first-order chi connectivity index (χ1) is 7.40. The van der Waals surface area contributed by atoms with Gasteiger partial charge in [0.2, 0.25) is 5.43 Å². The van der Waals surface area contributed by atoms with Crippen LogP contribution in [0.4, 0.5) is 0 Å². The third-order valence-electron chi connectivity index (χ3n) is 2.71. The van der Waals surface area contributed by atoms with Crippen LogP contribution in [-0.2, 0) is 0 Å². The highest BCUT2D eigenvalue weighted by molar-refractivity contribution is 9.10. The maximum atomic E-state index is 11.7. The van der Waals surface area contributed by atoms with Crippen LogP contribution in [0.25, 0.3) is 0 Å². The van der Waals surface area contributed by atoms with Crippen LogP contribution in [0.2, 0.25) is 0 Å². The van der Waals surface area contributed by atoms with Crippen molar-refractivity contribution in [1.29, 1.82) is 0 Å². The highest BCUT2D eigenvalue weighted by Crippen LogP contribution is 2.19. The predicted molar refractivity (Wildman–Crippen MR) is 65.1 cm³/mol. The van der Waals surface area contributed by atoms with Gasteiger partial charge in [0, 0.05) is 17.9 Å². The average Bonchev–Trinajstić information content (AvgIpc) is 2.25. The third kappa shape index (κ3) is 2.19. The molecule has 5 heteroatoms. The summed E-state index contributed by atoms with van der Waals surface area (Å²) in [5.41, 5.74) is 0.0895. The van der Waals surface area contributed by atoms with E-state index >= 15 is 0 Å². The monoisotopic (exact) mass is 287 g/mol. The largest absolute Gasteiger partial charge is 0.477 e. The van der Waals surface area contributed by atoms with Gasteiger partial charge < -0.3 is 9.67 Å². The second kappa shape index (κ2) is 4.82. The Kier molecular flexibility index (Phi) is 3.91. The fourth-order valence-corrected chi connectivity index (χ4v) is 1.92. The molecule has 0 aliphatic heterocycles. The van der Waals surface area contributed by atoms with Gasteiger partial charge >= 0.3 is 5.97 Å². The molecule has 1 rings (SSSR count). The van der Waals surface area contributed by atoms with Crippen molar-refractivity contribution in [2.24, 2.45) is 0 Å². The predicted octanol–water partition coefficient (Wildman–Crippen LogP) is 2.59. The summed E-state index contributed by atoms with van der Waals surface area (Å²) >= 11 is 3.15. The summed E-state index contributed by atoms with van der Waals surface area (Å²) in [5, 5.41) is 8.93. The summed E-state index contributed by atoms with van der Waals surface area (Å²) in [6.45, 7) is 5.79. The number of carboxylic acid groups (broad SMARTS) is 1. The molecule has 16 heavy (non-hydrogen) atoms. The highest BCUT2D eigenvalue weighted by atomic mass is 79.9. The number of nitrogens with zero attached hydrogens (tertiary/aromatic N) is 1. The summed E-state index contributed by atoms with van der Waals surface area (Å²) in [4.78, 5) is 22.6. The van der Waals surface area contributed by atoms with E-state index in [-0.39, 0.29) is 11.6 Å². The first-order valence-electron chi connectivity index (χ1n) is 5.04. The van der Waals surface area contributed by atoms with Crippen LogP contribution >= 0.6 is 15.9 Å². The van der Waals surface area contributed by atoms with Crippen molar-refractivity contribution >= 4 is 21.9 Å². The van der Waals surface area contributed by atoms with E-state index in [2.05, 4.69) is 15.9 Å². The lowest BCUT2D eigenvalue weighted by Crippen LogP contribution is -2.22. The van der Waals surface area contributed by atoms with Crippen LogP contribution in [0, 0.1) is 6.92 Å². The summed E-state index contributed by atoms with van der Waals surface area (Å²) in [6.07, 6.45) is 2.29. The summed E-state index contributed by atoms with van der Waals surface area (Å²) in [5.74, 6) is -1.19. The Morgan fingerprint density at radius 3 is 2.62 bits per heavy atom. The Morgan fingerprint density at radius 1 is 1.62 bits per heavy atom. The minimum Gasteiger partial charge on any atom is -0.477 e. The van der Waals surface area contributed by atoms with E-state index in [1.807, 2.05) is 18.4 Å². The maximum absolute atomic E-state index is 11.7. The molecule has 0 fully saturated rings. The molecule has 1 heterocycles. The first kappa shape index (κ1) is 13.0. The van der Waals surface area contributed by atoms with E-state index in [9.17, 15) is 9.59 Å². The molecule has 88 valence electrons. The van der Waals surface area contributed by atoms with Gasteiger partial charge in [-0.3, -0.25) is 4.79 Å². The van der Waals surface area contributed by atoms with Gasteiger partial charge in [0.05, 0.1) is 4.47 Å². The Hall–Kier alpha value is -1.10. The number of aromatic nitrogens is 1. The molecule has 0 unspecified atom stereocenters. The molecule has 0 aromatic carbocycles. The van der Waals surface area contributed by atoms with E-state index in [0.717, 1.165) is 12.1 Å². The van der Waals surface area contributed by atoms with Crippen LogP contribution in [0.1, 0.15) is 42.4 Å². The second-order valence-electron chi connectivity index (χ2n) is 3.74. The van der Waals surface area contributed by atoms with Crippen LogP contribution in [0.3, 0.4) is 0 Å².